The van der Waals surface area contributed by atoms with Crippen LogP contribution in [0.25, 0.3) is 0 Å². The van der Waals surface area contributed by atoms with E-state index in [2.05, 4.69) is 0 Å². The van der Waals surface area contributed by atoms with E-state index in [1.807, 2.05) is 5.41 Å². The molecule has 0 radical (unpaired) electrons. The first-order valence-corrected chi connectivity index (χ1v) is 4.11. The molecule has 4 heteroatoms. The fourth-order valence-corrected chi connectivity index (χ4v) is 1.27. The maximum absolute atomic E-state index is 10.9. The highest BCUT2D eigenvalue weighted by Gasteiger charge is 2.13. The van der Waals surface area contributed by atoms with E-state index in [9.17, 15) is 4.79 Å². The number of hydrogen-bond acceptors (Lipinski definition) is 3. The highest BCUT2D eigenvalue weighted by atomic mass is 32.2. The molecule has 0 aromatic heterocycles. The van der Waals surface area contributed by atoms with Gasteiger partial charge in [-0.05, 0) is 12.3 Å². The molecule has 0 fully saturated rings. The van der Waals surface area contributed by atoms with Crippen LogP contribution in [0.5, 0.6) is 0 Å². The first-order valence-electron chi connectivity index (χ1n) is 3.06. The summed E-state index contributed by atoms with van der Waals surface area (Å²) in [5.41, 5.74) is 0. The summed E-state index contributed by atoms with van der Waals surface area (Å²) in [5.74, 6) is 0.679. The molecular weight excluding hydrogens is 150 g/mol. The number of amides is 1. The van der Waals surface area contributed by atoms with E-state index < -0.39 is 0 Å². The molecule has 3 nitrogen and oxygen atoms in total. The largest absolute Gasteiger partial charge is 0.449 e. The third-order valence-corrected chi connectivity index (χ3v) is 1.79. The zero-order valence-corrected chi connectivity index (χ0v) is 6.56. The summed E-state index contributed by atoms with van der Waals surface area (Å²) in [5, 5.41) is 1.87. The topological polar surface area (TPSA) is 29.5 Å². The van der Waals surface area contributed by atoms with E-state index in [0.717, 1.165) is 0 Å². The Kier molecular flexibility index (Phi) is 2.62. The smallest absolute Gasteiger partial charge is 0.414 e. The second-order valence-corrected chi connectivity index (χ2v) is 2.61. The van der Waals surface area contributed by atoms with Crippen molar-refractivity contribution >= 4 is 17.9 Å². The first kappa shape index (κ1) is 7.47. The van der Waals surface area contributed by atoms with Gasteiger partial charge in [-0.15, -0.1) is 11.8 Å². The first-order chi connectivity index (χ1) is 4.84. The Morgan fingerprint density at radius 1 is 1.90 bits per heavy atom. The highest BCUT2D eigenvalue weighted by molar-refractivity contribution is 8.02. The Hall–Kier alpha value is -0.640. The number of thioether (sulfide) groups is 1. The number of ether oxygens (including phenoxy) is 1. The molecular formula is C6H9NO2S. The molecule has 0 aliphatic carbocycles. The summed E-state index contributed by atoms with van der Waals surface area (Å²) >= 11 is 1.58. The maximum Gasteiger partial charge on any atom is 0.414 e. The predicted octanol–water partition coefficient (Wildman–Crippen LogP) is 1.62. The average molecular weight is 159 g/mol. The lowest BCUT2D eigenvalue weighted by molar-refractivity contribution is 0.128. The Morgan fingerprint density at radius 3 is 3.20 bits per heavy atom. The van der Waals surface area contributed by atoms with Crippen molar-refractivity contribution in [2.45, 2.75) is 6.92 Å². The van der Waals surface area contributed by atoms with Gasteiger partial charge in [0.1, 0.15) is 0 Å². The third kappa shape index (κ3) is 1.67. The Labute approximate surface area is 64.0 Å². The molecule has 1 heterocycles. The number of hydrogen-bond donors (Lipinski definition) is 0. The second-order valence-electron chi connectivity index (χ2n) is 1.75. The van der Waals surface area contributed by atoms with Crippen molar-refractivity contribution in [1.82, 2.24) is 4.90 Å². The van der Waals surface area contributed by atoms with E-state index >= 15 is 0 Å². The van der Waals surface area contributed by atoms with Gasteiger partial charge in [-0.2, -0.15) is 0 Å². The SMILES string of the molecule is CCOC(=O)N1C=CSC1. The number of nitrogens with zero attached hydrogens (tertiary/aromatic N) is 1. The third-order valence-electron chi connectivity index (χ3n) is 1.05. The van der Waals surface area contributed by atoms with Crippen LogP contribution in [0.1, 0.15) is 6.92 Å². The zero-order valence-electron chi connectivity index (χ0n) is 5.74. The van der Waals surface area contributed by atoms with Gasteiger partial charge in [0.15, 0.2) is 0 Å². The molecule has 1 aliphatic heterocycles. The molecule has 0 N–H and O–H groups in total. The molecule has 0 atom stereocenters. The summed E-state index contributed by atoms with van der Waals surface area (Å²) < 4.78 is 4.75. The van der Waals surface area contributed by atoms with Crippen molar-refractivity contribution in [3.05, 3.63) is 11.6 Å². The van der Waals surface area contributed by atoms with Crippen LogP contribution in [0.3, 0.4) is 0 Å². The van der Waals surface area contributed by atoms with Gasteiger partial charge in [0.05, 0.1) is 12.5 Å². The molecule has 0 bridgehead atoms. The predicted molar refractivity (Wildman–Crippen MR) is 40.5 cm³/mol. The van der Waals surface area contributed by atoms with E-state index in [-0.39, 0.29) is 6.09 Å². The van der Waals surface area contributed by atoms with Gasteiger partial charge in [0, 0.05) is 6.20 Å². The Bertz CT molecular complexity index is 158. The van der Waals surface area contributed by atoms with E-state index in [1.165, 1.54) is 4.90 Å². The van der Waals surface area contributed by atoms with Crippen molar-refractivity contribution < 1.29 is 9.53 Å². The maximum atomic E-state index is 10.9. The van der Waals surface area contributed by atoms with Crippen molar-refractivity contribution in [2.75, 3.05) is 12.5 Å². The second kappa shape index (κ2) is 3.51. The summed E-state index contributed by atoms with van der Waals surface area (Å²) in [4.78, 5) is 12.4. The Morgan fingerprint density at radius 2 is 2.70 bits per heavy atom. The fourth-order valence-electron chi connectivity index (χ4n) is 0.603. The lowest BCUT2D eigenvalue weighted by atomic mass is 10.8. The zero-order chi connectivity index (χ0) is 7.40. The molecule has 1 amide bonds. The summed E-state index contributed by atoms with van der Waals surface area (Å²) in [6.07, 6.45) is 1.46. The molecule has 0 saturated carbocycles. The van der Waals surface area contributed by atoms with Crippen LogP contribution in [0.4, 0.5) is 4.79 Å². The van der Waals surface area contributed by atoms with Gasteiger partial charge in [0.25, 0.3) is 0 Å². The fraction of sp³-hybridized carbons (Fsp3) is 0.500. The highest BCUT2D eigenvalue weighted by Crippen LogP contribution is 2.15. The van der Waals surface area contributed by atoms with Crippen LogP contribution < -0.4 is 0 Å². The monoisotopic (exact) mass is 159 g/mol. The van der Waals surface area contributed by atoms with E-state index in [0.29, 0.717) is 12.5 Å². The summed E-state index contributed by atoms with van der Waals surface area (Å²) in [6, 6.07) is 0. The molecule has 0 aromatic carbocycles. The van der Waals surface area contributed by atoms with Crippen LogP contribution in [-0.4, -0.2) is 23.5 Å². The van der Waals surface area contributed by atoms with Crippen LogP contribution in [-0.2, 0) is 4.74 Å². The number of rotatable bonds is 1. The van der Waals surface area contributed by atoms with Gasteiger partial charge < -0.3 is 4.74 Å². The van der Waals surface area contributed by atoms with Crippen molar-refractivity contribution in [2.24, 2.45) is 0 Å². The van der Waals surface area contributed by atoms with Crippen LogP contribution in [0.2, 0.25) is 0 Å². The number of carbonyl (C=O) groups is 1. The minimum absolute atomic E-state index is 0.260. The quantitative estimate of drug-likeness (QED) is 0.582. The number of carbonyl (C=O) groups excluding carboxylic acids is 1. The molecule has 1 aliphatic rings. The molecule has 1 rings (SSSR count). The standard InChI is InChI=1S/C6H9NO2S/c1-2-9-6(8)7-3-4-10-5-7/h3-4H,2,5H2,1H3. The minimum atomic E-state index is -0.260. The molecule has 56 valence electrons. The lowest BCUT2D eigenvalue weighted by Gasteiger charge is -2.10. The minimum Gasteiger partial charge on any atom is -0.449 e. The van der Waals surface area contributed by atoms with Gasteiger partial charge >= 0.3 is 6.09 Å². The van der Waals surface area contributed by atoms with Gasteiger partial charge in [0.2, 0.25) is 0 Å². The lowest BCUT2D eigenvalue weighted by Crippen LogP contribution is -2.23. The molecule has 0 aromatic rings. The van der Waals surface area contributed by atoms with Crippen molar-refractivity contribution in [3.63, 3.8) is 0 Å². The molecule has 0 spiro atoms. The van der Waals surface area contributed by atoms with E-state index in [1.54, 1.807) is 24.9 Å². The van der Waals surface area contributed by atoms with Crippen molar-refractivity contribution in [3.8, 4) is 0 Å². The van der Waals surface area contributed by atoms with Gasteiger partial charge in [-0.1, -0.05) is 0 Å². The molecule has 0 unspecified atom stereocenters. The van der Waals surface area contributed by atoms with Crippen LogP contribution >= 0.6 is 11.8 Å². The van der Waals surface area contributed by atoms with Gasteiger partial charge in [-0.25, -0.2) is 4.79 Å². The van der Waals surface area contributed by atoms with Gasteiger partial charge in [-0.3, -0.25) is 4.90 Å². The average Bonchev–Trinajstić information content (AvgIpc) is 2.38. The van der Waals surface area contributed by atoms with Crippen LogP contribution in [0, 0.1) is 0 Å². The summed E-state index contributed by atoms with van der Waals surface area (Å²) in [6.45, 7) is 2.23. The normalized spacial score (nSPS) is 15.9. The molecule has 0 saturated heterocycles. The summed E-state index contributed by atoms with van der Waals surface area (Å²) in [7, 11) is 0. The van der Waals surface area contributed by atoms with Crippen molar-refractivity contribution in [1.29, 1.82) is 0 Å². The van der Waals surface area contributed by atoms with Crippen LogP contribution in [0.15, 0.2) is 11.6 Å². The Balaban J connectivity index is 2.33. The molecule has 10 heavy (non-hydrogen) atoms. The van der Waals surface area contributed by atoms with E-state index in [4.69, 9.17) is 4.74 Å².